The summed E-state index contributed by atoms with van der Waals surface area (Å²) < 4.78 is 1.81. The van der Waals surface area contributed by atoms with Crippen LogP contribution in [0.15, 0.2) is 16.7 Å². The number of hydrogen-bond acceptors (Lipinski definition) is 4. The predicted molar refractivity (Wildman–Crippen MR) is 82.5 cm³/mol. The maximum Gasteiger partial charge on any atom is 0.290 e. The molecule has 20 heavy (non-hydrogen) atoms. The highest BCUT2D eigenvalue weighted by Gasteiger charge is 2.16. The summed E-state index contributed by atoms with van der Waals surface area (Å²) in [6.45, 7) is 6.07. The lowest BCUT2D eigenvalue weighted by molar-refractivity contribution is 0.0948. The van der Waals surface area contributed by atoms with Gasteiger partial charge in [0.15, 0.2) is 4.96 Å². The van der Waals surface area contributed by atoms with Gasteiger partial charge in [-0.3, -0.25) is 9.20 Å². The van der Waals surface area contributed by atoms with Crippen molar-refractivity contribution in [3.63, 3.8) is 0 Å². The largest absolute Gasteiger partial charge is 0.290 e. The zero-order valence-electron chi connectivity index (χ0n) is 12.1. The molecule has 0 saturated heterocycles. The van der Waals surface area contributed by atoms with Gasteiger partial charge in [-0.2, -0.15) is 5.10 Å². The molecule has 0 fully saturated rings. The molecule has 0 atom stereocenters. The molecule has 5 nitrogen and oxygen atoms in total. The van der Waals surface area contributed by atoms with Gasteiger partial charge in [-0.15, -0.1) is 11.3 Å². The summed E-state index contributed by atoms with van der Waals surface area (Å²) in [5.74, 6) is -0.196. The molecule has 108 valence electrons. The van der Waals surface area contributed by atoms with E-state index < -0.39 is 0 Å². The minimum Gasteiger partial charge on any atom is -0.286 e. The van der Waals surface area contributed by atoms with E-state index in [4.69, 9.17) is 0 Å². The van der Waals surface area contributed by atoms with Gasteiger partial charge in [0.1, 0.15) is 5.69 Å². The van der Waals surface area contributed by atoms with E-state index in [2.05, 4.69) is 29.4 Å². The van der Waals surface area contributed by atoms with E-state index in [0.717, 1.165) is 42.0 Å². The molecule has 0 spiro atoms. The Bertz CT molecular complexity index is 618. The summed E-state index contributed by atoms with van der Waals surface area (Å²) in [4.78, 5) is 17.5. The lowest BCUT2D eigenvalue weighted by Gasteiger charge is -2.05. The summed E-state index contributed by atoms with van der Waals surface area (Å²) in [7, 11) is 0. The molecule has 0 aliphatic carbocycles. The lowest BCUT2D eigenvalue weighted by atomic mass is 10.1. The third-order valence-electron chi connectivity index (χ3n) is 3.04. The van der Waals surface area contributed by atoms with Crippen LogP contribution in [0.5, 0.6) is 0 Å². The molecular formula is C14H20N4OS. The molecule has 2 heterocycles. The second kappa shape index (κ2) is 6.65. The van der Waals surface area contributed by atoms with E-state index in [9.17, 15) is 4.79 Å². The van der Waals surface area contributed by atoms with E-state index in [-0.39, 0.29) is 5.91 Å². The van der Waals surface area contributed by atoms with Gasteiger partial charge in [-0.05, 0) is 19.8 Å². The highest BCUT2D eigenvalue weighted by molar-refractivity contribution is 7.15. The van der Waals surface area contributed by atoms with Gasteiger partial charge in [0, 0.05) is 17.3 Å². The van der Waals surface area contributed by atoms with Crippen molar-refractivity contribution in [2.24, 2.45) is 5.10 Å². The molecule has 2 rings (SSSR count). The van der Waals surface area contributed by atoms with Crippen molar-refractivity contribution in [2.75, 3.05) is 0 Å². The van der Waals surface area contributed by atoms with Crippen molar-refractivity contribution in [1.82, 2.24) is 14.8 Å². The fourth-order valence-electron chi connectivity index (χ4n) is 2.16. The Balaban J connectivity index is 2.17. The highest BCUT2D eigenvalue weighted by Crippen LogP contribution is 2.16. The molecule has 0 aromatic carbocycles. The molecule has 0 radical (unpaired) electrons. The Morgan fingerprint density at radius 2 is 2.10 bits per heavy atom. The molecule has 0 saturated carbocycles. The fourth-order valence-corrected chi connectivity index (χ4v) is 2.92. The van der Waals surface area contributed by atoms with Crippen molar-refractivity contribution >= 4 is 27.9 Å². The molecule has 0 aliphatic heterocycles. The number of nitrogens with one attached hydrogen (secondary N) is 1. The minimum absolute atomic E-state index is 0.196. The molecular weight excluding hydrogens is 272 g/mol. The summed E-state index contributed by atoms with van der Waals surface area (Å²) in [5.41, 5.74) is 5.02. The minimum atomic E-state index is -0.196. The average Bonchev–Trinajstić information content (AvgIpc) is 2.95. The van der Waals surface area contributed by atoms with Gasteiger partial charge in [0.05, 0.1) is 5.69 Å². The van der Waals surface area contributed by atoms with Crippen molar-refractivity contribution in [1.29, 1.82) is 0 Å². The number of carbonyl (C=O) groups excluding carboxylic acids is 1. The monoisotopic (exact) mass is 292 g/mol. The van der Waals surface area contributed by atoms with E-state index in [1.807, 2.05) is 22.9 Å². The Labute approximate surface area is 122 Å². The number of rotatable bonds is 6. The molecule has 0 unspecified atom stereocenters. The Morgan fingerprint density at radius 3 is 2.75 bits per heavy atom. The lowest BCUT2D eigenvalue weighted by Crippen LogP contribution is -2.22. The molecule has 1 N–H and O–H groups in total. The average molecular weight is 292 g/mol. The van der Waals surface area contributed by atoms with Gasteiger partial charge in [-0.1, -0.05) is 26.7 Å². The normalized spacial score (nSPS) is 10.8. The zero-order chi connectivity index (χ0) is 14.5. The first-order chi connectivity index (χ1) is 9.67. The Hall–Kier alpha value is -1.69. The molecule has 1 amide bonds. The van der Waals surface area contributed by atoms with Crippen molar-refractivity contribution in [3.05, 3.63) is 23.0 Å². The summed E-state index contributed by atoms with van der Waals surface area (Å²) >= 11 is 1.52. The van der Waals surface area contributed by atoms with Crippen LogP contribution in [0.3, 0.4) is 0 Å². The zero-order valence-corrected chi connectivity index (χ0v) is 13.0. The Kier molecular flexibility index (Phi) is 4.89. The van der Waals surface area contributed by atoms with Gasteiger partial charge < -0.3 is 0 Å². The topological polar surface area (TPSA) is 58.8 Å². The number of carbonyl (C=O) groups is 1. The van der Waals surface area contributed by atoms with Gasteiger partial charge in [0.25, 0.3) is 5.91 Å². The highest BCUT2D eigenvalue weighted by atomic mass is 32.1. The van der Waals surface area contributed by atoms with E-state index in [0.29, 0.717) is 5.69 Å². The number of thiazole rings is 1. The number of imidazole rings is 1. The van der Waals surface area contributed by atoms with Crippen LogP contribution >= 0.6 is 11.3 Å². The third-order valence-corrected chi connectivity index (χ3v) is 3.80. The van der Waals surface area contributed by atoms with Crippen LogP contribution in [0.25, 0.3) is 4.96 Å². The SMILES string of the molecule is CCCC(CCC)=NNC(=O)c1c(C)nc2sccn12. The van der Waals surface area contributed by atoms with Crippen LogP contribution in [-0.4, -0.2) is 21.0 Å². The van der Waals surface area contributed by atoms with E-state index in [1.165, 1.54) is 11.3 Å². The van der Waals surface area contributed by atoms with Crippen LogP contribution in [0.1, 0.15) is 55.7 Å². The number of aryl methyl sites for hydroxylation is 1. The Morgan fingerprint density at radius 1 is 1.40 bits per heavy atom. The smallest absolute Gasteiger partial charge is 0.286 e. The van der Waals surface area contributed by atoms with Gasteiger partial charge in [-0.25, -0.2) is 10.4 Å². The molecule has 2 aromatic rings. The number of amides is 1. The number of hydrogen-bond donors (Lipinski definition) is 1. The first-order valence-electron chi connectivity index (χ1n) is 6.95. The molecule has 6 heteroatoms. The fraction of sp³-hybridized carbons (Fsp3) is 0.500. The van der Waals surface area contributed by atoms with Crippen LogP contribution in [0.2, 0.25) is 0 Å². The molecule has 2 aromatic heterocycles. The maximum atomic E-state index is 12.3. The first kappa shape index (κ1) is 14.7. The quantitative estimate of drug-likeness (QED) is 0.655. The summed E-state index contributed by atoms with van der Waals surface area (Å²) in [6.07, 6.45) is 5.78. The number of fused-ring (bicyclic) bond motifs is 1. The van der Waals surface area contributed by atoms with Crippen LogP contribution in [-0.2, 0) is 0 Å². The van der Waals surface area contributed by atoms with Crippen LogP contribution in [0, 0.1) is 6.92 Å². The second-order valence-electron chi connectivity index (χ2n) is 4.72. The number of hydrazone groups is 1. The molecule has 0 bridgehead atoms. The van der Waals surface area contributed by atoms with E-state index in [1.54, 1.807) is 0 Å². The van der Waals surface area contributed by atoms with E-state index >= 15 is 0 Å². The second-order valence-corrected chi connectivity index (χ2v) is 5.59. The maximum absolute atomic E-state index is 12.3. The van der Waals surface area contributed by atoms with Gasteiger partial charge >= 0.3 is 0 Å². The number of aromatic nitrogens is 2. The van der Waals surface area contributed by atoms with Crippen LogP contribution < -0.4 is 5.43 Å². The summed E-state index contributed by atoms with van der Waals surface area (Å²) in [6, 6.07) is 0. The standard InChI is InChI=1S/C14H20N4OS/c1-4-6-11(7-5-2)16-17-13(19)12-10(3)15-14-18(12)8-9-20-14/h8-9H,4-7H2,1-3H3,(H,17,19). The molecule has 0 aliphatic rings. The van der Waals surface area contributed by atoms with Crippen molar-refractivity contribution < 1.29 is 4.79 Å². The van der Waals surface area contributed by atoms with Crippen molar-refractivity contribution in [2.45, 2.75) is 46.5 Å². The van der Waals surface area contributed by atoms with Gasteiger partial charge in [0.2, 0.25) is 0 Å². The van der Waals surface area contributed by atoms with Crippen molar-refractivity contribution in [3.8, 4) is 0 Å². The predicted octanol–water partition coefficient (Wildman–Crippen LogP) is 3.39. The van der Waals surface area contributed by atoms with Crippen LogP contribution in [0.4, 0.5) is 0 Å². The summed E-state index contributed by atoms with van der Waals surface area (Å²) in [5, 5.41) is 6.19. The first-order valence-corrected chi connectivity index (χ1v) is 7.83. The number of nitrogens with zero attached hydrogens (tertiary/aromatic N) is 3. The third kappa shape index (κ3) is 3.07.